The number of carbonyl (C=O) groups is 1. The number of methoxy groups -OCH3 is 1. The summed E-state index contributed by atoms with van der Waals surface area (Å²) in [5.74, 6) is 0.0788. The minimum absolute atomic E-state index is 0.261. The molecule has 2 N–H and O–H groups in total. The Morgan fingerprint density at radius 1 is 1.59 bits per heavy atom. The fourth-order valence-electron chi connectivity index (χ4n) is 2.52. The topological polar surface area (TPSA) is 55.6 Å². The third-order valence-corrected chi connectivity index (χ3v) is 3.22. The average molecular weight is 234 g/mol. The number of nitrogens with zero attached hydrogens (tertiary/aromatic N) is 1. The van der Waals surface area contributed by atoms with E-state index in [1.165, 1.54) is 7.11 Å². The van der Waals surface area contributed by atoms with Crippen molar-refractivity contribution in [2.75, 3.05) is 31.6 Å². The first-order valence-corrected chi connectivity index (χ1v) is 5.85. The Kier molecular flexibility index (Phi) is 3.33. The van der Waals surface area contributed by atoms with Crippen LogP contribution in [-0.2, 0) is 4.74 Å². The van der Waals surface area contributed by atoms with Gasteiger partial charge in [-0.1, -0.05) is 13.0 Å². The number of hydrogen-bond acceptors (Lipinski definition) is 4. The molecule has 0 aromatic heterocycles. The van der Waals surface area contributed by atoms with Gasteiger partial charge in [-0.25, -0.2) is 4.79 Å². The Bertz CT molecular complexity index is 431. The van der Waals surface area contributed by atoms with Crippen LogP contribution in [0.25, 0.3) is 0 Å². The summed E-state index contributed by atoms with van der Waals surface area (Å²) in [4.78, 5) is 13.9. The number of hydrogen-bond donors (Lipinski definition) is 1. The number of ether oxygens (including phenoxy) is 1. The fraction of sp³-hybridized carbons (Fsp3) is 0.462. The van der Waals surface area contributed by atoms with Crippen molar-refractivity contribution in [1.29, 1.82) is 0 Å². The molecule has 1 aliphatic heterocycles. The highest BCUT2D eigenvalue weighted by molar-refractivity contribution is 5.93. The van der Waals surface area contributed by atoms with E-state index < -0.39 is 0 Å². The summed E-state index contributed by atoms with van der Waals surface area (Å²) in [5, 5.41) is 0. The van der Waals surface area contributed by atoms with Crippen LogP contribution in [0.2, 0.25) is 0 Å². The summed E-state index contributed by atoms with van der Waals surface area (Å²) in [6.07, 6.45) is 0. The predicted molar refractivity (Wildman–Crippen MR) is 67.5 cm³/mol. The number of esters is 1. The molecule has 2 rings (SSSR count). The number of rotatable bonds is 3. The second kappa shape index (κ2) is 4.75. The van der Waals surface area contributed by atoms with Gasteiger partial charge in [0.2, 0.25) is 0 Å². The molecule has 1 aliphatic rings. The van der Waals surface area contributed by atoms with Gasteiger partial charge < -0.3 is 15.4 Å². The summed E-state index contributed by atoms with van der Waals surface area (Å²) < 4.78 is 4.82. The molecule has 92 valence electrons. The number of anilines is 1. The molecule has 0 saturated heterocycles. The molecule has 4 nitrogen and oxygen atoms in total. The minimum atomic E-state index is -0.261. The van der Waals surface area contributed by atoms with Crippen LogP contribution in [0.15, 0.2) is 18.2 Å². The quantitative estimate of drug-likeness (QED) is 0.802. The van der Waals surface area contributed by atoms with Crippen molar-refractivity contribution in [1.82, 2.24) is 0 Å². The van der Waals surface area contributed by atoms with Crippen molar-refractivity contribution >= 4 is 11.7 Å². The molecule has 0 saturated carbocycles. The largest absolute Gasteiger partial charge is 0.465 e. The van der Waals surface area contributed by atoms with Crippen LogP contribution in [0.3, 0.4) is 0 Å². The first-order valence-electron chi connectivity index (χ1n) is 5.85. The zero-order valence-electron chi connectivity index (χ0n) is 10.3. The zero-order valence-corrected chi connectivity index (χ0v) is 10.3. The Balaban J connectivity index is 2.44. The van der Waals surface area contributed by atoms with E-state index in [9.17, 15) is 4.79 Å². The zero-order chi connectivity index (χ0) is 12.4. The van der Waals surface area contributed by atoms with E-state index in [1.807, 2.05) is 18.2 Å². The lowest BCUT2D eigenvalue weighted by atomic mass is 9.97. The van der Waals surface area contributed by atoms with E-state index in [0.717, 1.165) is 24.3 Å². The highest BCUT2D eigenvalue weighted by Gasteiger charge is 2.29. The van der Waals surface area contributed by atoms with Gasteiger partial charge in [0.05, 0.1) is 12.7 Å². The maximum atomic E-state index is 11.7. The second-order valence-electron chi connectivity index (χ2n) is 4.37. The Morgan fingerprint density at radius 3 is 3.00 bits per heavy atom. The first-order chi connectivity index (χ1) is 8.19. The van der Waals surface area contributed by atoms with E-state index in [4.69, 9.17) is 10.5 Å². The van der Waals surface area contributed by atoms with E-state index in [-0.39, 0.29) is 5.97 Å². The van der Waals surface area contributed by atoms with Gasteiger partial charge in [-0.05, 0) is 17.7 Å². The van der Waals surface area contributed by atoms with Gasteiger partial charge in [-0.2, -0.15) is 0 Å². The van der Waals surface area contributed by atoms with Gasteiger partial charge in [0, 0.05) is 31.2 Å². The van der Waals surface area contributed by atoms with Crippen LogP contribution in [0.4, 0.5) is 5.69 Å². The molecule has 0 amide bonds. The van der Waals surface area contributed by atoms with Crippen LogP contribution in [0, 0.1) is 0 Å². The molecule has 0 spiro atoms. The van der Waals surface area contributed by atoms with Crippen molar-refractivity contribution in [3.63, 3.8) is 0 Å². The highest BCUT2D eigenvalue weighted by Crippen LogP contribution is 2.38. The van der Waals surface area contributed by atoms with Crippen LogP contribution in [0.5, 0.6) is 0 Å². The molecule has 1 heterocycles. The molecular formula is C13H18N2O2. The van der Waals surface area contributed by atoms with E-state index in [1.54, 1.807) is 0 Å². The molecule has 17 heavy (non-hydrogen) atoms. The Labute approximate surface area is 101 Å². The lowest BCUT2D eigenvalue weighted by molar-refractivity contribution is 0.0599. The monoisotopic (exact) mass is 234 g/mol. The molecule has 1 unspecified atom stereocenters. The molecule has 0 fully saturated rings. The molecule has 1 aromatic carbocycles. The minimum Gasteiger partial charge on any atom is -0.465 e. The molecule has 1 aromatic rings. The summed E-state index contributed by atoms with van der Waals surface area (Å²) in [7, 11) is 1.42. The normalized spacial score (nSPS) is 18.1. The maximum Gasteiger partial charge on any atom is 0.338 e. The van der Waals surface area contributed by atoms with E-state index in [0.29, 0.717) is 18.0 Å². The number of nitrogens with two attached hydrogens (primary N) is 1. The summed E-state index contributed by atoms with van der Waals surface area (Å²) >= 11 is 0. The predicted octanol–water partition coefficient (Wildman–Crippen LogP) is 1.36. The molecule has 0 bridgehead atoms. The van der Waals surface area contributed by atoms with Crippen molar-refractivity contribution in [3.8, 4) is 0 Å². The first kappa shape index (κ1) is 11.9. The highest BCUT2D eigenvalue weighted by atomic mass is 16.5. The van der Waals surface area contributed by atoms with Crippen LogP contribution in [-0.4, -0.2) is 32.7 Å². The van der Waals surface area contributed by atoms with Crippen LogP contribution in [0.1, 0.15) is 28.8 Å². The Morgan fingerprint density at radius 2 is 2.35 bits per heavy atom. The van der Waals surface area contributed by atoms with Crippen molar-refractivity contribution in [2.45, 2.75) is 12.8 Å². The standard InChI is InChI=1S/C13H18N2O2/c1-9-8-15(7-6-14)11-5-3-4-10(12(9)11)13(16)17-2/h3-5,9H,6-8,14H2,1-2H3. The van der Waals surface area contributed by atoms with Gasteiger partial charge >= 0.3 is 5.97 Å². The smallest absolute Gasteiger partial charge is 0.338 e. The van der Waals surface area contributed by atoms with E-state index in [2.05, 4.69) is 11.8 Å². The van der Waals surface area contributed by atoms with Crippen molar-refractivity contribution in [3.05, 3.63) is 29.3 Å². The molecule has 0 radical (unpaired) electrons. The third-order valence-electron chi connectivity index (χ3n) is 3.22. The van der Waals surface area contributed by atoms with E-state index >= 15 is 0 Å². The van der Waals surface area contributed by atoms with Crippen LogP contribution < -0.4 is 10.6 Å². The van der Waals surface area contributed by atoms with Crippen molar-refractivity contribution in [2.24, 2.45) is 5.73 Å². The van der Waals surface area contributed by atoms with Gasteiger partial charge in [-0.15, -0.1) is 0 Å². The second-order valence-corrected chi connectivity index (χ2v) is 4.37. The lowest BCUT2D eigenvalue weighted by Crippen LogP contribution is -2.27. The van der Waals surface area contributed by atoms with Gasteiger partial charge in [0.15, 0.2) is 0 Å². The SMILES string of the molecule is COC(=O)c1cccc2c1C(C)CN2CCN. The fourth-order valence-corrected chi connectivity index (χ4v) is 2.52. The number of benzene rings is 1. The maximum absolute atomic E-state index is 11.7. The van der Waals surface area contributed by atoms with Crippen molar-refractivity contribution < 1.29 is 9.53 Å². The third kappa shape index (κ3) is 2.00. The van der Waals surface area contributed by atoms with Gasteiger partial charge in [0.1, 0.15) is 0 Å². The molecular weight excluding hydrogens is 216 g/mol. The average Bonchev–Trinajstić information content (AvgIpc) is 2.66. The van der Waals surface area contributed by atoms with Gasteiger partial charge in [-0.3, -0.25) is 0 Å². The summed E-state index contributed by atoms with van der Waals surface area (Å²) in [6, 6.07) is 5.76. The molecule has 0 aliphatic carbocycles. The number of carbonyl (C=O) groups excluding carboxylic acids is 1. The molecule has 1 atom stereocenters. The Hall–Kier alpha value is -1.55. The summed E-state index contributed by atoms with van der Waals surface area (Å²) in [5.41, 5.74) is 8.49. The van der Waals surface area contributed by atoms with Gasteiger partial charge in [0.25, 0.3) is 0 Å². The lowest BCUT2D eigenvalue weighted by Gasteiger charge is -2.18. The molecule has 4 heteroatoms. The summed E-state index contributed by atoms with van der Waals surface area (Å²) in [6.45, 7) is 4.49. The van der Waals surface area contributed by atoms with Crippen LogP contribution >= 0.6 is 0 Å². The number of fused-ring (bicyclic) bond motifs is 1.